The van der Waals surface area contributed by atoms with Gasteiger partial charge in [0.25, 0.3) is 0 Å². The highest BCUT2D eigenvalue weighted by Gasteiger charge is 2.55. The Morgan fingerprint density at radius 2 is 0.740 bits per heavy atom. The molecule has 3 aliphatic heterocycles. The fourth-order valence-electron chi connectivity index (χ4n) is 14.9. The van der Waals surface area contributed by atoms with Crippen LogP contribution in [0.15, 0.2) is 237 Å². The van der Waals surface area contributed by atoms with Crippen LogP contribution in [0.1, 0.15) is 129 Å². The lowest BCUT2D eigenvalue weighted by Gasteiger charge is -2.52. The van der Waals surface area contributed by atoms with Gasteiger partial charge in [-0.2, -0.15) is 0 Å². The molecule has 104 heavy (non-hydrogen) atoms. The second-order valence-electron chi connectivity index (χ2n) is 28.1. The van der Waals surface area contributed by atoms with Crippen LogP contribution in [0.5, 0.6) is 5.75 Å². The van der Waals surface area contributed by atoms with Gasteiger partial charge in [-0.05, 0) is 89.2 Å². The molecule has 3 fully saturated rings. The summed E-state index contributed by atoms with van der Waals surface area (Å²) in [6.07, 6.45) is 1.68. The summed E-state index contributed by atoms with van der Waals surface area (Å²) in [4.78, 5) is 13.9. The molecule has 15 heteroatoms. The van der Waals surface area contributed by atoms with Crippen molar-refractivity contribution in [2.45, 2.75) is 217 Å². The van der Waals surface area contributed by atoms with Crippen molar-refractivity contribution in [1.29, 1.82) is 0 Å². The standard InChI is InChI=1S/C89H109NO14/c1-65-85(97-58-69-37-21-12-22-38-69)89(101-62-73-45-29-16-30-46-73)88(100-61-72-43-27-15-28-44-72)80(102-65)53-76-79(104-82(64-96-57-68-35-19-11-20-36-68)87(84(76)92)99-60-71-41-25-14-26-42-71)54-77-81(63-95-56-67-33-17-10-18-34-67)103-78(83(90-66(2)91)86(77)98-59-70-39-23-13-24-40-70)47-31-8-6-4-5-7-9-32-52-94-55-74-48-50-75(93-3)51-49-74/h10-30,33-46,48-51,65,76-89,92H,4-9,31-32,47,52-64H2,1-3H3,(H,90,91)/t65-,76-,77+,78-,79-,80-,81+,82+,83-,84+,85+,86-,87-,88+,89+/m0/s1. The van der Waals surface area contributed by atoms with Crippen molar-refractivity contribution in [2.24, 2.45) is 11.8 Å². The Morgan fingerprint density at radius 3 is 1.21 bits per heavy atom. The Kier molecular flexibility index (Phi) is 31.8. The number of carbonyl (C=O) groups is 1. The first-order valence-electron chi connectivity index (χ1n) is 37.8. The van der Waals surface area contributed by atoms with E-state index in [0.717, 1.165) is 108 Å². The van der Waals surface area contributed by atoms with Crippen molar-refractivity contribution in [3.8, 4) is 5.75 Å². The number of benzene rings is 8. The zero-order valence-corrected chi connectivity index (χ0v) is 61.0. The fraction of sp³-hybridized carbons (Fsp3) is 0.449. The van der Waals surface area contributed by atoms with Crippen LogP contribution in [-0.4, -0.2) is 117 Å². The first-order valence-corrected chi connectivity index (χ1v) is 37.8. The minimum Gasteiger partial charge on any atom is -0.497 e. The van der Waals surface area contributed by atoms with E-state index < -0.39 is 91.1 Å². The Bertz CT molecular complexity index is 3610. The van der Waals surface area contributed by atoms with Gasteiger partial charge >= 0.3 is 0 Å². The highest BCUT2D eigenvalue weighted by molar-refractivity contribution is 5.73. The summed E-state index contributed by atoms with van der Waals surface area (Å²) < 4.78 is 83.3. The summed E-state index contributed by atoms with van der Waals surface area (Å²) >= 11 is 0. The van der Waals surface area contributed by atoms with Gasteiger partial charge in [0.2, 0.25) is 5.91 Å². The molecule has 8 aromatic carbocycles. The van der Waals surface area contributed by atoms with Crippen LogP contribution in [0.2, 0.25) is 0 Å². The third-order valence-corrected chi connectivity index (χ3v) is 20.4. The van der Waals surface area contributed by atoms with E-state index in [1.165, 1.54) is 0 Å². The molecule has 11 rings (SSSR count). The molecule has 3 aliphatic rings. The van der Waals surface area contributed by atoms with Gasteiger partial charge in [-0.1, -0.05) is 269 Å². The first-order chi connectivity index (χ1) is 51.2. The van der Waals surface area contributed by atoms with E-state index in [1.54, 1.807) is 14.0 Å². The van der Waals surface area contributed by atoms with Crippen LogP contribution < -0.4 is 10.1 Å². The van der Waals surface area contributed by atoms with Crippen molar-refractivity contribution in [3.05, 3.63) is 281 Å². The number of methoxy groups -OCH3 is 1. The molecule has 3 saturated heterocycles. The van der Waals surface area contributed by atoms with Crippen molar-refractivity contribution in [2.75, 3.05) is 26.9 Å². The lowest BCUT2D eigenvalue weighted by molar-refractivity contribution is -0.279. The molecule has 0 aliphatic carbocycles. The predicted molar refractivity (Wildman–Crippen MR) is 403 cm³/mol. The summed E-state index contributed by atoms with van der Waals surface area (Å²) in [7, 11) is 1.68. The van der Waals surface area contributed by atoms with Gasteiger partial charge in [-0.15, -0.1) is 0 Å². The minimum absolute atomic E-state index is 0.112. The number of hydrogen-bond donors (Lipinski definition) is 2. The molecule has 2 N–H and O–H groups in total. The maximum atomic E-state index is 13.9. The van der Waals surface area contributed by atoms with Crippen LogP contribution in [0.25, 0.3) is 0 Å². The number of unbranched alkanes of at least 4 members (excludes halogenated alkanes) is 7. The van der Waals surface area contributed by atoms with Crippen LogP contribution >= 0.6 is 0 Å². The van der Waals surface area contributed by atoms with E-state index in [2.05, 4.69) is 66.0 Å². The number of ether oxygens (including phenoxy) is 12. The Labute approximate surface area is 617 Å². The van der Waals surface area contributed by atoms with Crippen LogP contribution in [0, 0.1) is 11.8 Å². The highest BCUT2D eigenvalue weighted by atomic mass is 16.6. The van der Waals surface area contributed by atoms with Crippen LogP contribution in [0.4, 0.5) is 0 Å². The zero-order valence-electron chi connectivity index (χ0n) is 61.0. The molecular formula is C89H109NO14. The molecule has 3 heterocycles. The molecule has 554 valence electrons. The van der Waals surface area contributed by atoms with E-state index in [9.17, 15) is 9.90 Å². The van der Waals surface area contributed by atoms with Crippen LogP contribution in [0.3, 0.4) is 0 Å². The van der Waals surface area contributed by atoms with E-state index >= 15 is 0 Å². The molecule has 0 radical (unpaired) electrons. The van der Waals surface area contributed by atoms with Crippen molar-refractivity contribution < 1.29 is 66.7 Å². The Hall–Kier alpha value is -7.45. The summed E-state index contributed by atoms with van der Waals surface area (Å²) in [5.41, 5.74) is 8.13. The van der Waals surface area contributed by atoms with E-state index in [4.69, 9.17) is 56.8 Å². The third kappa shape index (κ3) is 24.3. The molecule has 0 spiro atoms. The maximum Gasteiger partial charge on any atom is 0.217 e. The lowest BCUT2D eigenvalue weighted by Crippen LogP contribution is -2.65. The summed E-state index contributed by atoms with van der Waals surface area (Å²) in [5, 5.41) is 17.3. The van der Waals surface area contributed by atoms with Crippen LogP contribution in [-0.2, 0) is 110 Å². The summed E-state index contributed by atoms with van der Waals surface area (Å²) in [5.74, 6) is -0.486. The lowest BCUT2D eigenvalue weighted by atomic mass is 9.74. The number of carbonyl (C=O) groups excluding carboxylic acids is 1. The number of aliphatic hydroxyl groups is 1. The van der Waals surface area contributed by atoms with Gasteiger partial charge in [0.15, 0.2) is 0 Å². The Morgan fingerprint density at radius 1 is 0.365 bits per heavy atom. The minimum atomic E-state index is -1.14. The van der Waals surface area contributed by atoms with Gasteiger partial charge in [-0.25, -0.2) is 0 Å². The monoisotopic (exact) mass is 1420 g/mol. The molecule has 0 bridgehead atoms. The third-order valence-electron chi connectivity index (χ3n) is 20.4. The average Bonchev–Trinajstić information content (AvgIpc) is 0.763. The quantitative estimate of drug-likeness (QED) is 0.0348. The number of nitrogens with one attached hydrogen (secondary N) is 1. The average molecular weight is 1420 g/mol. The first kappa shape index (κ1) is 77.6. The van der Waals surface area contributed by atoms with Gasteiger partial charge in [0, 0.05) is 25.4 Å². The zero-order chi connectivity index (χ0) is 71.8. The topological polar surface area (TPSA) is 160 Å². The second kappa shape index (κ2) is 42.6. The highest BCUT2D eigenvalue weighted by Crippen LogP contribution is 2.44. The van der Waals surface area contributed by atoms with Gasteiger partial charge in [0.05, 0.1) is 122 Å². The second-order valence-corrected chi connectivity index (χ2v) is 28.1. The van der Waals surface area contributed by atoms with Crippen molar-refractivity contribution >= 4 is 5.91 Å². The van der Waals surface area contributed by atoms with E-state index in [-0.39, 0.29) is 45.4 Å². The molecule has 15 nitrogen and oxygen atoms in total. The maximum absolute atomic E-state index is 13.9. The SMILES string of the molecule is COc1ccc(COCCCCCCCCCC[C@@H]2O[C@H](COCc3ccccc3)[C@@H](C[C@@H]3O[C@H](COCc4ccccc4)[C@H](OCc4ccccc4)[C@H](O)[C@H]3C[C@@H]3O[C@@H](C)[C@@H](OCc4ccccc4)[C@@H](OCc4ccccc4)[C@@H]3OCc3ccccc3)[C@H](OCc3ccccc3)[C@H]2NC(C)=O)cc1. The molecule has 0 aromatic heterocycles. The van der Waals surface area contributed by atoms with Crippen molar-refractivity contribution in [3.63, 3.8) is 0 Å². The van der Waals surface area contributed by atoms with Gasteiger partial charge in [-0.3, -0.25) is 4.79 Å². The molecule has 0 saturated carbocycles. The van der Waals surface area contributed by atoms with E-state index in [0.29, 0.717) is 45.9 Å². The fourth-order valence-corrected chi connectivity index (χ4v) is 14.9. The van der Waals surface area contributed by atoms with E-state index in [1.807, 2.05) is 183 Å². The van der Waals surface area contributed by atoms with Crippen molar-refractivity contribution in [1.82, 2.24) is 5.32 Å². The number of aliphatic hydroxyl groups excluding tert-OH is 1. The normalized spacial score (nSPS) is 24.8. The van der Waals surface area contributed by atoms with Gasteiger partial charge in [0.1, 0.15) is 36.3 Å². The molecule has 0 unspecified atom stereocenters. The molecule has 15 atom stereocenters. The number of amides is 1. The number of rotatable bonds is 42. The number of hydrogen-bond acceptors (Lipinski definition) is 14. The largest absolute Gasteiger partial charge is 0.497 e. The summed E-state index contributed by atoms with van der Waals surface area (Å²) in [6, 6.07) is 78.4. The predicted octanol–water partition coefficient (Wildman–Crippen LogP) is 16.3. The molecule has 1 amide bonds. The van der Waals surface area contributed by atoms with Gasteiger partial charge < -0.3 is 67.3 Å². The smallest absolute Gasteiger partial charge is 0.217 e. The summed E-state index contributed by atoms with van der Waals surface area (Å²) in [6.45, 7) is 7.31. The molecule has 8 aromatic rings. The Balaban J connectivity index is 0.912. The molecular weight excluding hydrogens is 1310 g/mol.